The van der Waals surface area contributed by atoms with Gasteiger partial charge in [0.15, 0.2) is 5.82 Å². The third-order valence-corrected chi connectivity index (χ3v) is 11.1. The Bertz CT molecular complexity index is 1690. The second kappa shape index (κ2) is 12.4. The number of methoxy groups -OCH3 is 1. The molecule has 2 N–H and O–H groups in total. The summed E-state index contributed by atoms with van der Waals surface area (Å²) >= 11 is 6.53. The fourth-order valence-electron chi connectivity index (χ4n) is 6.61. The van der Waals surface area contributed by atoms with Crippen molar-refractivity contribution in [3.63, 3.8) is 0 Å². The van der Waals surface area contributed by atoms with Crippen molar-refractivity contribution in [2.75, 3.05) is 80.1 Å². The summed E-state index contributed by atoms with van der Waals surface area (Å²) in [5.74, 6) is 2.02. The molecule has 2 fully saturated rings. The van der Waals surface area contributed by atoms with E-state index in [9.17, 15) is 8.42 Å². The minimum atomic E-state index is -3.52. The number of hydrogen-bond acceptors (Lipinski definition) is 10. The van der Waals surface area contributed by atoms with Gasteiger partial charge in [-0.2, -0.15) is 4.98 Å². The van der Waals surface area contributed by atoms with Gasteiger partial charge < -0.3 is 29.9 Å². The molecule has 242 valence electrons. The molecule has 13 heteroatoms. The van der Waals surface area contributed by atoms with Crippen LogP contribution in [0.3, 0.4) is 0 Å². The zero-order chi connectivity index (χ0) is 31.9. The molecule has 4 heterocycles. The lowest BCUT2D eigenvalue weighted by Gasteiger charge is -2.47. The van der Waals surface area contributed by atoms with Crippen LogP contribution in [0.4, 0.5) is 34.5 Å². The van der Waals surface area contributed by atoms with Crippen LogP contribution in [0.2, 0.25) is 5.02 Å². The summed E-state index contributed by atoms with van der Waals surface area (Å²) in [6.07, 6.45) is 8.39. The molecule has 0 saturated carbocycles. The van der Waals surface area contributed by atoms with Gasteiger partial charge in [-0.25, -0.2) is 13.4 Å². The molecule has 2 saturated heterocycles. The number of aryl methyl sites for hydroxylation is 1. The summed E-state index contributed by atoms with van der Waals surface area (Å²) in [5, 5.41) is 6.80. The largest absolute Gasteiger partial charge is 0.494 e. The first-order valence-electron chi connectivity index (χ1n) is 15.4. The van der Waals surface area contributed by atoms with Crippen molar-refractivity contribution >= 4 is 56.1 Å². The molecule has 11 nitrogen and oxygen atoms in total. The van der Waals surface area contributed by atoms with E-state index >= 15 is 0 Å². The topological polar surface area (TPSA) is 112 Å². The molecule has 3 aliphatic heterocycles. The predicted octanol–water partition coefficient (Wildman–Crippen LogP) is 5.58. The zero-order valence-electron chi connectivity index (χ0n) is 26.6. The molecule has 45 heavy (non-hydrogen) atoms. The molecular weight excluding hydrogens is 614 g/mol. The molecule has 0 unspecified atom stereocenters. The first-order chi connectivity index (χ1) is 21.4. The number of rotatable bonds is 8. The Kier molecular flexibility index (Phi) is 8.66. The van der Waals surface area contributed by atoms with Crippen LogP contribution in [0.15, 0.2) is 30.5 Å². The van der Waals surface area contributed by atoms with Crippen LogP contribution in [0, 0.1) is 12.3 Å². The van der Waals surface area contributed by atoms with Crippen molar-refractivity contribution in [1.82, 2.24) is 14.9 Å². The van der Waals surface area contributed by atoms with Crippen LogP contribution >= 0.6 is 11.6 Å². The lowest BCUT2D eigenvalue weighted by molar-refractivity contribution is 0.0944. The van der Waals surface area contributed by atoms with E-state index < -0.39 is 10.0 Å². The van der Waals surface area contributed by atoms with Gasteiger partial charge in [-0.1, -0.05) is 11.6 Å². The summed E-state index contributed by atoms with van der Waals surface area (Å²) in [6, 6.07) is 7.77. The van der Waals surface area contributed by atoms with E-state index in [1.807, 2.05) is 6.07 Å². The normalized spacial score (nSPS) is 18.0. The second-order valence-electron chi connectivity index (χ2n) is 12.6. The van der Waals surface area contributed by atoms with Crippen LogP contribution < -0.4 is 29.3 Å². The quantitative estimate of drug-likeness (QED) is 0.319. The van der Waals surface area contributed by atoms with Gasteiger partial charge in [0, 0.05) is 44.4 Å². The second-order valence-corrected chi connectivity index (χ2v) is 15.0. The summed E-state index contributed by atoms with van der Waals surface area (Å²) in [7, 11) is 1.87. The Hall–Kier alpha value is -3.48. The summed E-state index contributed by atoms with van der Waals surface area (Å²) in [5.41, 5.74) is 5.44. The minimum absolute atomic E-state index is 0.279. The maximum Gasteiger partial charge on any atom is 0.232 e. The molecule has 0 bridgehead atoms. The highest BCUT2D eigenvalue weighted by Gasteiger charge is 2.37. The lowest BCUT2D eigenvalue weighted by atomic mass is 9.71. The van der Waals surface area contributed by atoms with E-state index in [1.54, 1.807) is 13.2 Å². The Balaban J connectivity index is 1.23. The monoisotopic (exact) mass is 655 g/mol. The fraction of sp³-hybridized carbons (Fsp3) is 0.500. The Labute approximate surface area is 270 Å². The number of anilines is 6. The van der Waals surface area contributed by atoms with E-state index in [-0.39, 0.29) is 5.02 Å². The maximum absolute atomic E-state index is 12.4. The highest BCUT2D eigenvalue weighted by Crippen LogP contribution is 2.44. The number of nitrogens with one attached hydrogen (secondary N) is 2. The number of sulfonamides is 1. The molecule has 0 atom stereocenters. The van der Waals surface area contributed by atoms with Gasteiger partial charge in [-0.15, -0.1) is 0 Å². The molecule has 1 aromatic heterocycles. The van der Waals surface area contributed by atoms with Crippen molar-refractivity contribution in [2.45, 2.75) is 39.0 Å². The molecular formula is C32H42ClN7O4S. The molecule has 2 aromatic carbocycles. The SMILES string of the molecule is COc1cc(N2CCC3(CCN(C)CC3)CC2)c(C)cc1Nc1ncc(Cl)c(Nc2cc3c(cc2N(C)S(C)(=O)=O)CCO3)n1. The van der Waals surface area contributed by atoms with Gasteiger partial charge >= 0.3 is 0 Å². The van der Waals surface area contributed by atoms with E-state index in [0.29, 0.717) is 53.1 Å². The van der Waals surface area contributed by atoms with Crippen LogP contribution in [0.5, 0.6) is 11.5 Å². The van der Waals surface area contributed by atoms with Gasteiger partial charge in [0.05, 0.1) is 43.2 Å². The Morgan fingerprint density at radius 2 is 1.76 bits per heavy atom. The fourth-order valence-corrected chi connectivity index (χ4v) is 7.26. The Morgan fingerprint density at radius 3 is 2.44 bits per heavy atom. The number of piperidine rings is 2. The number of ether oxygens (including phenoxy) is 2. The predicted molar refractivity (Wildman–Crippen MR) is 181 cm³/mol. The van der Waals surface area contributed by atoms with Crippen molar-refractivity contribution in [2.24, 2.45) is 5.41 Å². The first-order valence-corrected chi connectivity index (χ1v) is 17.6. The van der Waals surface area contributed by atoms with Crippen molar-refractivity contribution in [3.8, 4) is 11.5 Å². The van der Waals surface area contributed by atoms with Crippen molar-refractivity contribution in [1.29, 1.82) is 0 Å². The molecule has 1 spiro atoms. The van der Waals surface area contributed by atoms with E-state index in [1.165, 1.54) is 62.0 Å². The summed E-state index contributed by atoms with van der Waals surface area (Å²) in [6.45, 7) is 7.13. The van der Waals surface area contributed by atoms with Gasteiger partial charge in [0.2, 0.25) is 16.0 Å². The first kappa shape index (κ1) is 31.5. The summed E-state index contributed by atoms with van der Waals surface area (Å²) < 4.78 is 37.7. The van der Waals surface area contributed by atoms with E-state index in [4.69, 9.17) is 21.1 Å². The third kappa shape index (κ3) is 6.59. The van der Waals surface area contributed by atoms with Crippen LogP contribution in [0.1, 0.15) is 36.8 Å². The third-order valence-electron chi connectivity index (χ3n) is 9.62. The van der Waals surface area contributed by atoms with Crippen molar-refractivity contribution < 1.29 is 17.9 Å². The summed E-state index contributed by atoms with van der Waals surface area (Å²) in [4.78, 5) is 14.0. The smallest absolute Gasteiger partial charge is 0.232 e. The number of nitrogens with zero attached hydrogens (tertiary/aromatic N) is 5. The molecule has 0 radical (unpaired) electrons. The average molecular weight is 656 g/mol. The van der Waals surface area contributed by atoms with Gasteiger partial charge in [-0.3, -0.25) is 4.31 Å². The lowest BCUT2D eigenvalue weighted by Crippen LogP contribution is -2.46. The maximum atomic E-state index is 12.4. The molecule has 3 aromatic rings. The molecule has 6 rings (SSSR count). The number of halogens is 1. The number of benzene rings is 2. The molecule has 3 aliphatic rings. The number of likely N-dealkylation sites (tertiary alicyclic amines) is 1. The van der Waals surface area contributed by atoms with E-state index in [2.05, 4.69) is 56.5 Å². The van der Waals surface area contributed by atoms with Crippen LogP contribution in [-0.4, -0.2) is 83.5 Å². The van der Waals surface area contributed by atoms with Gasteiger partial charge in [-0.05, 0) is 81.4 Å². The van der Waals surface area contributed by atoms with Crippen molar-refractivity contribution in [3.05, 3.63) is 46.6 Å². The highest BCUT2D eigenvalue weighted by molar-refractivity contribution is 7.92. The highest BCUT2D eigenvalue weighted by atomic mass is 35.5. The zero-order valence-corrected chi connectivity index (χ0v) is 28.2. The molecule has 0 aliphatic carbocycles. The van der Waals surface area contributed by atoms with Crippen LogP contribution in [-0.2, 0) is 16.4 Å². The molecule has 0 amide bonds. The number of hydrogen-bond donors (Lipinski definition) is 2. The standard InChI is InChI=1S/C32H42ClN7O4S/c1-21-16-25(29(43-4)19-26(21)40-13-9-32(10-14-40)7-11-38(2)12-8-32)36-31-34-20-23(33)30(37-31)35-24-18-28-22(6-15-44-28)17-27(24)39(3)45(5,41)42/h16-20H,6-15H2,1-5H3,(H2,34,35,36,37). The van der Waals surface area contributed by atoms with Crippen LogP contribution in [0.25, 0.3) is 0 Å². The van der Waals surface area contributed by atoms with Gasteiger partial charge in [0.25, 0.3) is 0 Å². The number of fused-ring (bicyclic) bond motifs is 1. The number of aromatic nitrogens is 2. The average Bonchev–Trinajstić information content (AvgIpc) is 3.47. The van der Waals surface area contributed by atoms with Gasteiger partial charge in [0.1, 0.15) is 16.5 Å². The minimum Gasteiger partial charge on any atom is -0.494 e. The van der Waals surface area contributed by atoms with E-state index in [0.717, 1.165) is 36.2 Å². The Morgan fingerprint density at radius 1 is 1.04 bits per heavy atom.